The largest absolute Gasteiger partial charge is 0.477 e. The summed E-state index contributed by atoms with van der Waals surface area (Å²) in [6, 6.07) is 10.7. The minimum atomic E-state index is 0.357. The Morgan fingerprint density at radius 1 is 1.13 bits per heavy atom. The van der Waals surface area contributed by atoms with Crippen molar-refractivity contribution in [2.75, 3.05) is 33.3 Å². The number of nitrogens with zero attached hydrogens (tertiary/aromatic N) is 5. The lowest BCUT2D eigenvalue weighted by atomic mass is 9.91. The first-order valence-corrected chi connectivity index (χ1v) is 11.2. The molecule has 0 saturated carbocycles. The Bertz CT molecular complexity index is 994. The van der Waals surface area contributed by atoms with Crippen molar-refractivity contribution in [3.8, 4) is 5.88 Å². The zero-order chi connectivity index (χ0) is 20.3. The van der Waals surface area contributed by atoms with Crippen LogP contribution in [0.2, 0.25) is 0 Å². The van der Waals surface area contributed by atoms with E-state index in [1.807, 2.05) is 24.4 Å². The van der Waals surface area contributed by atoms with E-state index in [9.17, 15) is 0 Å². The Balaban J connectivity index is 1.28. The van der Waals surface area contributed by atoms with Gasteiger partial charge in [-0.05, 0) is 76.0 Å². The zero-order valence-electron chi connectivity index (χ0n) is 17.8. The molecule has 0 amide bonds. The number of hydrogen-bond donors (Lipinski definition) is 0. The maximum Gasteiger partial charge on any atom is 0.199 e. The fourth-order valence-electron chi connectivity index (χ4n) is 4.89. The molecule has 2 aliphatic rings. The Labute approximate surface area is 178 Å². The summed E-state index contributed by atoms with van der Waals surface area (Å²) in [4.78, 5) is 14.4. The molecule has 3 aromatic heterocycles. The predicted molar refractivity (Wildman–Crippen MR) is 118 cm³/mol. The van der Waals surface area contributed by atoms with E-state index >= 15 is 0 Å². The number of imidazole rings is 1. The number of aryl methyl sites for hydroxylation is 1. The van der Waals surface area contributed by atoms with Gasteiger partial charge in [-0.2, -0.15) is 0 Å². The lowest BCUT2D eigenvalue weighted by molar-refractivity contribution is 0.206. The van der Waals surface area contributed by atoms with Gasteiger partial charge < -0.3 is 4.74 Å². The summed E-state index contributed by atoms with van der Waals surface area (Å²) in [5.74, 6) is 0.873. The molecule has 30 heavy (non-hydrogen) atoms. The number of pyridine rings is 2. The number of fused-ring (bicyclic) bond motifs is 2. The van der Waals surface area contributed by atoms with E-state index in [-0.39, 0.29) is 0 Å². The second-order valence-electron chi connectivity index (χ2n) is 8.59. The molecular formula is C24H31N5O. The third-order valence-electron chi connectivity index (χ3n) is 6.47. The van der Waals surface area contributed by atoms with E-state index in [2.05, 4.69) is 39.6 Å². The van der Waals surface area contributed by atoms with Gasteiger partial charge in [-0.25, -0.2) is 4.98 Å². The average Bonchev–Trinajstić information content (AvgIpc) is 3.43. The van der Waals surface area contributed by atoms with Gasteiger partial charge in [-0.15, -0.1) is 0 Å². The monoisotopic (exact) mass is 405 g/mol. The van der Waals surface area contributed by atoms with Crippen LogP contribution >= 0.6 is 0 Å². The Hall–Kier alpha value is -2.44. The summed E-state index contributed by atoms with van der Waals surface area (Å²) in [6.07, 6.45) is 10.2. The molecule has 0 aromatic carbocycles. The van der Waals surface area contributed by atoms with Gasteiger partial charge in [0.1, 0.15) is 12.3 Å². The normalized spacial score (nSPS) is 19.5. The van der Waals surface area contributed by atoms with Gasteiger partial charge in [0.05, 0.1) is 17.4 Å². The summed E-state index contributed by atoms with van der Waals surface area (Å²) in [6.45, 7) is 4.92. The van der Waals surface area contributed by atoms with Crippen LogP contribution in [0.25, 0.3) is 5.65 Å². The van der Waals surface area contributed by atoms with Crippen LogP contribution in [0.1, 0.15) is 48.7 Å². The maximum absolute atomic E-state index is 6.12. The van der Waals surface area contributed by atoms with Crippen molar-refractivity contribution in [2.45, 2.75) is 44.7 Å². The average molecular weight is 406 g/mol. The van der Waals surface area contributed by atoms with Crippen LogP contribution < -0.4 is 4.74 Å². The third kappa shape index (κ3) is 4.07. The standard InChI is InChI=1S/C24H31N5O/c1-27(21-9-4-7-19-8-6-12-25-24(19)21)17-20-18-29-22(26-20)10-5-11-23(29)30-16-15-28-13-2-3-14-28/h5-6,8,10-12,18,21H,2-4,7,9,13-17H2,1H3/t21-/m0/s1. The molecular weight excluding hydrogens is 374 g/mol. The lowest BCUT2D eigenvalue weighted by Gasteiger charge is -2.31. The summed E-state index contributed by atoms with van der Waals surface area (Å²) >= 11 is 0. The quantitative estimate of drug-likeness (QED) is 0.600. The molecule has 0 unspecified atom stereocenters. The topological polar surface area (TPSA) is 45.9 Å². The molecule has 3 aromatic rings. The molecule has 6 nitrogen and oxygen atoms in total. The minimum Gasteiger partial charge on any atom is -0.477 e. The SMILES string of the molecule is CN(Cc1cn2c(OCCN3CCCC3)cccc2n1)[C@H]1CCCc2cccnc21. The Morgan fingerprint density at radius 2 is 2.03 bits per heavy atom. The van der Waals surface area contributed by atoms with Crippen LogP contribution in [0.3, 0.4) is 0 Å². The van der Waals surface area contributed by atoms with Crippen molar-refractivity contribution in [2.24, 2.45) is 0 Å². The number of hydrogen-bond acceptors (Lipinski definition) is 5. The van der Waals surface area contributed by atoms with Crippen molar-refractivity contribution in [1.82, 2.24) is 24.2 Å². The van der Waals surface area contributed by atoms with Crippen LogP contribution in [0.4, 0.5) is 0 Å². The summed E-state index contributed by atoms with van der Waals surface area (Å²) in [5, 5.41) is 0. The first kappa shape index (κ1) is 19.5. The number of rotatable bonds is 7. The molecule has 0 spiro atoms. The van der Waals surface area contributed by atoms with Crippen molar-refractivity contribution < 1.29 is 4.74 Å². The molecule has 4 heterocycles. The van der Waals surface area contributed by atoms with E-state index in [0.717, 1.165) is 49.8 Å². The number of aromatic nitrogens is 3. The highest BCUT2D eigenvalue weighted by atomic mass is 16.5. The van der Waals surface area contributed by atoms with Gasteiger partial charge >= 0.3 is 0 Å². The van der Waals surface area contributed by atoms with Crippen molar-refractivity contribution >= 4 is 5.65 Å². The highest BCUT2D eigenvalue weighted by Gasteiger charge is 2.25. The van der Waals surface area contributed by atoms with Gasteiger partial charge in [0.2, 0.25) is 0 Å². The van der Waals surface area contributed by atoms with Gasteiger partial charge in [0.15, 0.2) is 5.88 Å². The first-order chi connectivity index (χ1) is 14.8. The van der Waals surface area contributed by atoms with Crippen LogP contribution in [-0.4, -0.2) is 57.5 Å². The highest BCUT2D eigenvalue weighted by Crippen LogP contribution is 2.32. The van der Waals surface area contributed by atoms with Gasteiger partial charge in [-0.1, -0.05) is 12.1 Å². The van der Waals surface area contributed by atoms with Crippen molar-refractivity contribution in [3.05, 3.63) is 59.7 Å². The third-order valence-corrected chi connectivity index (χ3v) is 6.47. The molecule has 1 aliphatic carbocycles. The van der Waals surface area contributed by atoms with E-state index < -0.39 is 0 Å². The lowest BCUT2D eigenvalue weighted by Crippen LogP contribution is -2.28. The second kappa shape index (κ2) is 8.74. The van der Waals surface area contributed by atoms with Gasteiger partial charge in [0, 0.05) is 25.5 Å². The molecule has 0 bridgehead atoms. The molecule has 6 heteroatoms. The molecule has 1 atom stereocenters. The van der Waals surface area contributed by atoms with Crippen LogP contribution in [-0.2, 0) is 13.0 Å². The first-order valence-electron chi connectivity index (χ1n) is 11.2. The molecule has 1 saturated heterocycles. The van der Waals surface area contributed by atoms with E-state index in [4.69, 9.17) is 14.7 Å². The number of likely N-dealkylation sites (tertiary alicyclic amines) is 1. The Morgan fingerprint density at radius 3 is 2.93 bits per heavy atom. The summed E-state index contributed by atoms with van der Waals surface area (Å²) in [7, 11) is 2.19. The van der Waals surface area contributed by atoms with Crippen LogP contribution in [0, 0.1) is 0 Å². The zero-order valence-corrected chi connectivity index (χ0v) is 17.8. The van der Waals surface area contributed by atoms with Crippen LogP contribution in [0.5, 0.6) is 5.88 Å². The van der Waals surface area contributed by atoms with Crippen molar-refractivity contribution in [1.29, 1.82) is 0 Å². The second-order valence-corrected chi connectivity index (χ2v) is 8.59. The predicted octanol–water partition coefficient (Wildman–Crippen LogP) is 3.71. The molecule has 0 radical (unpaired) electrons. The fourth-order valence-corrected chi connectivity index (χ4v) is 4.89. The molecule has 5 rings (SSSR count). The number of ether oxygens (including phenoxy) is 1. The maximum atomic E-state index is 6.12. The molecule has 1 fully saturated rings. The summed E-state index contributed by atoms with van der Waals surface area (Å²) < 4.78 is 8.20. The smallest absolute Gasteiger partial charge is 0.199 e. The Kier molecular flexibility index (Phi) is 5.69. The van der Waals surface area contributed by atoms with Crippen molar-refractivity contribution in [3.63, 3.8) is 0 Å². The van der Waals surface area contributed by atoms with E-state index in [1.165, 1.54) is 43.6 Å². The van der Waals surface area contributed by atoms with E-state index in [0.29, 0.717) is 6.04 Å². The fraction of sp³-hybridized carbons (Fsp3) is 0.500. The van der Waals surface area contributed by atoms with Crippen LogP contribution in [0.15, 0.2) is 42.7 Å². The van der Waals surface area contributed by atoms with Gasteiger partial charge in [-0.3, -0.25) is 19.2 Å². The molecule has 1 aliphatic heterocycles. The minimum absolute atomic E-state index is 0.357. The summed E-state index contributed by atoms with van der Waals surface area (Å²) in [5.41, 5.74) is 4.64. The highest BCUT2D eigenvalue weighted by molar-refractivity contribution is 5.43. The molecule has 0 N–H and O–H groups in total. The van der Waals surface area contributed by atoms with E-state index in [1.54, 1.807) is 0 Å². The molecule has 158 valence electrons. The van der Waals surface area contributed by atoms with Gasteiger partial charge in [0.25, 0.3) is 0 Å².